The fraction of sp³-hybridized carbons (Fsp3) is 0.250. The van der Waals surface area contributed by atoms with Gasteiger partial charge in [0.05, 0.1) is 10.0 Å². The number of hydrogen-bond donors (Lipinski definition) is 0. The number of benzene rings is 2. The first-order valence-electron chi connectivity index (χ1n) is 6.33. The van der Waals surface area contributed by atoms with Crippen molar-refractivity contribution >= 4 is 50.7 Å². The molecular weight excluding hydrogens is 378 g/mol. The van der Waals surface area contributed by atoms with Gasteiger partial charge in [0.2, 0.25) is 0 Å². The molecule has 4 heteroatoms. The predicted molar refractivity (Wildman–Crippen MR) is 92.2 cm³/mol. The van der Waals surface area contributed by atoms with Crippen molar-refractivity contribution in [2.24, 2.45) is 5.92 Å². The van der Waals surface area contributed by atoms with Crippen LogP contribution >= 0.6 is 50.7 Å². The summed E-state index contributed by atoms with van der Waals surface area (Å²) in [5.74, 6) is 0.981. The van der Waals surface area contributed by atoms with Crippen LogP contribution in [0.4, 0.5) is 0 Å². The van der Waals surface area contributed by atoms with Gasteiger partial charge in [0, 0.05) is 10.4 Å². The van der Waals surface area contributed by atoms with Crippen LogP contribution in [0.5, 0.6) is 0 Å². The van der Waals surface area contributed by atoms with E-state index in [0.717, 1.165) is 22.9 Å². The monoisotopic (exact) mass is 390 g/mol. The van der Waals surface area contributed by atoms with Gasteiger partial charge in [-0.3, -0.25) is 0 Å². The van der Waals surface area contributed by atoms with Gasteiger partial charge in [-0.05, 0) is 48.1 Å². The highest BCUT2D eigenvalue weighted by atomic mass is 79.9. The number of hydrogen-bond acceptors (Lipinski definition) is 0. The van der Waals surface area contributed by atoms with Crippen molar-refractivity contribution in [2.45, 2.75) is 12.8 Å². The lowest BCUT2D eigenvalue weighted by Crippen LogP contribution is -2.10. The van der Waals surface area contributed by atoms with Crippen molar-refractivity contribution in [1.29, 1.82) is 0 Å². The summed E-state index contributed by atoms with van der Waals surface area (Å²) < 4.78 is 1.13. The van der Waals surface area contributed by atoms with Crippen LogP contribution in [-0.2, 0) is 12.8 Å². The van der Waals surface area contributed by atoms with Crippen molar-refractivity contribution < 1.29 is 0 Å². The molecule has 0 aromatic heterocycles. The largest absolute Gasteiger partial charge is 0.126 e. The molecular formula is C16H14BrCl3. The van der Waals surface area contributed by atoms with E-state index in [-0.39, 0.29) is 0 Å². The highest BCUT2D eigenvalue weighted by Gasteiger charge is 2.12. The second-order valence-electron chi connectivity index (χ2n) is 4.77. The fourth-order valence-electron chi connectivity index (χ4n) is 2.16. The first-order chi connectivity index (χ1) is 9.60. The maximum atomic E-state index is 6.12. The summed E-state index contributed by atoms with van der Waals surface area (Å²) >= 11 is 21.7. The molecule has 0 aliphatic carbocycles. The lowest BCUT2D eigenvalue weighted by atomic mass is 9.94. The van der Waals surface area contributed by atoms with E-state index in [0.29, 0.717) is 21.8 Å². The minimum absolute atomic E-state index is 0.368. The molecule has 0 aliphatic heterocycles. The summed E-state index contributed by atoms with van der Waals surface area (Å²) in [4.78, 5) is 0. The Hall–Kier alpha value is -0.210. The summed E-state index contributed by atoms with van der Waals surface area (Å²) in [7, 11) is 0. The minimum Gasteiger partial charge on any atom is -0.126 e. The molecule has 1 atom stereocenters. The zero-order chi connectivity index (χ0) is 14.5. The first kappa shape index (κ1) is 16.2. The molecule has 20 heavy (non-hydrogen) atoms. The smallest absolute Gasteiger partial charge is 0.0595 e. The van der Waals surface area contributed by atoms with E-state index in [1.807, 2.05) is 30.3 Å². The molecule has 2 rings (SSSR count). The molecule has 2 aromatic carbocycles. The van der Waals surface area contributed by atoms with E-state index in [4.69, 9.17) is 34.8 Å². The lowest BCUT2D eigenvalue weighted by molar-refractivity contribution is 0.583. The summed E-state index contributed by atoms with van der Waals surface area (Å²) in [5.41, 5.74) is 2.44. The molecule has 0 radical (unpaired) electrons. The van der Waals surface area contributed by atoms with E-state index < -0.39 is 0 Å². The quantitative estimate of drug-likeness (QED) is 0.517. The molecule has 0 amide bonds. The van der Waals surface area contributed by atoms with Gasteiger partial charge in [-0.25, -0.2) is 0 Å². The standard InChI is InChI=1S/C16H14BrCl3/c17-14-4-2-1-3-13(14)8-12(10-18)7-11-5-6-15(19)16(20)9-11/h1-6,9,12H,7-8,10H2. The van der Waals surface area contributed by atoms with E-state index in [1.165, 1.54) is 5.56 Å². The Bertz CT molecular complexity index is 584. The van der Waals surface area contributed by atoms with Crippen LogP contribution < -0.4 is 0 Å². The van der Waals surface area contributed by atoms with Crippen LogP contribution in [0, 0.1) is 5.92 Å². The normalized spacial score (nSPS) is 12.4. The minimum atomic E-state index is 0.368. The maximum Gasteiger partial charge on any atom is 0.0595 e. The number of rotatable bonds is 5. The van der Waals surface area contributed by atoms with Crippen LogP contribution in [0.25, 0.3) is 0 Å². The van der Waals surface area contributed by atoms with Gasteiger partial charge in [-0.1, -0.05) is 63.4 Å². The highest BCUT2D eigenvalue weighted by molar-refractivity contribution is 9.10. The zero-order valence-corrected chi connectivity index (χ0v) is 14.6. The number of alkyl halides is 1. The SMILES string of the molecule is ClCC(Cc1ccc(Cl)c(Cl)c1)Cc1ccccc1Br. The first-order valence-corrected chi connectivity index (χ1v) is 8.41. The molecule has 0 saturated heterocycles. The Labute approximate surface area is 143 Å². The molecule has 0 saturated carbocycles. The van der Waals surface area contributed by atoms with Gasteiger partial charge in [0.1, 0.15) is 0 Å². The van der Waals surface area contributed by atoms with Gasteiger partial charge in [-0.15, -0.1) is 11.6 Å². The third-order valence-corrected chi connectivity index (χ3v) is 5.14. The molecule has 106 valence electrons. The maximum absolute atomic E-state index is 6.12. The molecule has 0 heterocycles. The summed E-state index contributed by atoms with van der Waals surface area (Å²) in [6.45, 7) is 0. The molecule has 0 bridgehead atoms. The van der Waals surface area contributed by atoms with E-state index in [9.17, 15) is 0 Å². The Morgan fingerprint density at radius 1 is 0.950 bits per heavy atom. The second-order valence-corrected chi connectivity index (χ2v) is 6.75. The molecule has 0 fully saturated rings. The van der Waals surface area contributed by atoms with Gasteiger partial charge in [0.15, 0.2) is 0 Å². The topological polar surface area (TPSA) is 0 Å². The van der Waals surface area contributed by atoms with Crippen LogP contribution in [0.3, 0.4) is 0 Å². The molecule has 0 aliphatic rings. The van der Waals surface area contributed by atoms with Crippen LogP contribution in [0.2, 0.25) is 10.0 Å². The summed E-state index contributed by atoms with van der Waals surface area (Å²) in [6.07, 6.45) is 1.83. The number of halogens is 4. The fourth-order valence-corrected chi connectivity index (χ4v) is 3.14. The van der Waals surface area contributed by atoms with E-state index in [2.05, 4.69) is 28.1 Å². The van der Waals surface area contributed by atoms with Crippen molar-refractivity contribution in [3.05, 3.63) is 68.1 Å². The van der Waals surface area contributed by atoms with Crippen LogP contribution in [-0.4, -0.2) is 5.88 Å². The van der Waals surface area contributed by atoms with E-state index in [1.54, 1.807) is 0 Å². The van der Waals surface area contributed by atoms with Crippen molar-refractivity contribution in [3.63, 3.8) is 0 Å². The van der Waals surface area contributed by atoms with Crippen molar-refractivity contribution in [2.75, 3.05) is 5.88 Å². The van der Waals surface area contributed by atoms with Crippen molar-refractivity contribution in [3.8, 4) is 0 Å². The zero-order valence-electron chi connectivity index (χ0n) is 10.8. The summed E-state index contributed by atoms with van der Waals surface area (Å²) in [5, 5.41) is 1.18. The lowest BCUT2D eigenvalue weighted by Gasteiger charge is -2.15. The molecule has 0 spiro atoms. The summed E-state index contributed by atoms with van der Waals surface area (Å²) in [6, 6.07) is 14.0. The van der Waals surface area contributed by atoms with Gasteiger partial charge in [0.25, 0.3) is 0 Å². The second kappa shape index (κ2) is 7.70. The Balaban J connectivity index is 2.09. The molecule has 0 N–H and O–H groups in total. The van der Waals surface area contributed by atoms with E-state index >= 15 is 0 Å². The third-order valence-electron chi connectivity index (χ3n) is 3.19. The molecule has 2 aromatic rings. The predicted octanol–water partition coefficient (Wildman–Crippen LogP) is 6.40. The Morgan fingerprint density at radius 2 is 1.70 bits per heavy atom. The Morgan fingerprint density at radius 3 is 2.35 bits per heavy atom. The van der Waals surface area contributed by atoms with Gasteiger partial charge >= 0.3 is 0 Å². The Kier molecular flexibility index (Phi) is 6.22. The average Bonchev–Trinajstić information content (AvgIpc) is 2.44. The van der Waals surface area contributed by atoms with Gasteiger partial charge in [-0.2, -0.15) is 0 Å². The highest BCUT2D eigenvalue weighted by Crippen LogP contribution is 2.26. The average molecular weight is 393 g/mol. The molecule has 1 unspecified atom stereocenters. The molecule has 0 nitrogen and oxygen atoms in total. The van der Waals surface area contributed by atoms with Crippen LogP contribution in [0.1, 0.15) is 11.1 Å². The van der Waals surface area contributed by atoms with Crippen molar-refractivity contribution in [1.82, 2.24) is 0 Å². The van der Waals surface area contributed by atoms with Gasteiger partial charge < -0.3 is 0 Å². The van der Waals surface area contributed by atoms with Crippen LogP contribution in [0.15, 0.2) is 46.9 Å². The third kappa shape index (κ3) is 4.39.